The topological polar surface area (TPSA) is 54.2 Å². The number of nitrogens with one attached hydrogen (secondary N) is 1. The molecule has 20 heavy (non-hydrogen) atoms. The van der Waals surface area contributed by atoms with Crippen LogP contribution in [0.5, 0.6) is 0 Å². The number of anilines is 1. The summed E-state index contributed by atoms with van der Waals surface area (Å²) in [5, 5.41) is 0. The average molecular weight is 335 g/mol. The van der Waals surface area contributed by atoms with Gasteiger partial charge in [-0.2, -0.15) is 0 Å². The van der Waals surface area contributed by atoms with Crippen molar-refractivity contribution in [2.75, 3.05) is 19.0 Å². The van der Waals surface area contributed by atoms with Crippen LogP contribution in [0.1, 0.15) is 17.3 Å². The standard InChI is InChI=1S/C15H19BrN4/c1-20(2)14-5-3-4-11(8-14)15(19-17)9-13-7-6-12(16)10-18-13/h3-8,10,15,19H,9,17H2,1-2H3. The minimum Gasteiger partial charge on any atom is -0.378 e. The Bertz CT molecular complexity index is 554. The number of hydrazine groups is 1. The van der Waals surface area contributed by atoms with E-state index in [9.17, 15) is 0 Å². The van der Waals surface area contributed by atoms with E-state index in [-0.39, 0.29) is 6.04 Å². The summed E-state index contributed by atoms with van der Waals surface area (Å²) in [5.41, 5.74) is 6.20. The molecule has 0 aliphatic rings. The van der Waals surface area contributed by atoms with Gasteiger partial charge in [-0.05, 0) is 45.8 Å². The van der Waals surface area contributed by atoms with Crippen molar-refractivity contribution in [2.24, 2.45) is 5.84 Å². The van der Waals surface area contributed by atoms with Crippen LogP contribution in [0.15, 0.2) is 47.1 Å². The van der Waals surface area contributed by atoms with E-state index >= 15 is 0 Å². The van der Waals surface area contributed by atoms with Gasteiger partial charge in [-0.15, -0.1) is 0 Å². The van der Waals surface area contributed by atoms with Crippen molar-refractivity contribution in [3.63, 3.8) is 0 Å². The smallest absolute Gasteiger partial charge is 0.0516 e. The first-order valence-electron chi connectivity index (χ1n) is 6.44. The first kappa shape index (κ1) is 15.0. The van der Waals surface area contributed by atoms with Crippen LogP contribution in [0.4, 0.5) is 5.69 Å². The van der Waals surface area contributed by atoms with Gasteiger partial charge in [-0.1, -0.05) is 12.1 Å². The van der Waals surface area contributed by atoms with Crippen LogP contribution >= 0.6 is 15.9 Å². The lowest BCUT2D eigenvalue weighted by Crippen LogP contribution is -2.30. The number of hydrogen-bond donors (Lipinski definition) is 2. The van der Waals surface area contributed by atoms with E-state index in [0.29, 0.717) is 0 Å². The summed E-state index contributed by atoms with van der Waals surface area (Å²) in [6, 6.07) is 12.4. The van der Waals surface area contributed by atoms with Gasteiger partial charge in [-0.25, -0.2) is 0 Å². The average Bonchev–Trinajstić information content (AvgIpc) is 2.46. The SMILES string of the molecule is CN(C)c1cccc(C(Cc2ccc(Br)cn2)NN)c1. The Kier molecular flexibility index (Phi) is 5.11. The molecule has 1 unspecified atom stereocenters. The van der Waals surface area contributed by atoms with Crippen molar-refractivity contribution in [1.82, 2.24) is 10.4 Å². The fourth-order valence-electron chi connectivity index (χ4n) is 2.03. The summed E-state index contributed by atoms with van der Waals surface area (Å²) >= 11 is 3.39. The summed E-state index contributed by atoms with van der Waals surface area (Å²) in [4.78, 5) is 6.47. The molecule has 0 saturated carbocycles. The second kappa shape index (κ2) is 6.83. The zero-order chi connectivity index (χ0) is 14.5. The summed E-state index contributed by atoms with van der Waals surface area (Å²) in [5.74, 6) is 5.71. The van der Waals surface area contributed by atoms with E-state index in [4.69, 9.17) is 5.84 Å². The zero-order valence-corrected chi connectivity index (χ0v) is 13.3. The highest BCUT2D eigenvalue weighted by Crippen LogP contribution is 2.22. The van der Waals surface area contributed by atoms with E-state index in [0.717, 1.165) is 27.8 Å². The van der Waals surface area contributed by atoms with Crippen molar-refractivity contribution in [2.45, 2.75) is 12.5 Å². The number of rotatable bonds is 5. The van der Waals surface area contributed by atoms with E-state index in [1.54, 1.807) is 6.20 Å². The van der Waals surface area contributed by atoms with Gasteiger partial charge in [0, 0.05) is 42.6 Å². The molecule has 1 aromatic carbocycles. The molecule has 0 aliphatic carbocycles. The fraction of sp³-hybridized carbons (Fsp3) is 0.267. The molecule has 1 heterocycles. The van der Waals surface area contributed by atoms with Crippen LogP contribution in [0.3, 0.4) is 0 Å². The fourth-order valence-corrected chi connectivity index (χ4v) is 2.26. The lowest BCUT2D eigenvalue weighted by molar-refractivity contribution is 0.546. The summed E-state index contributed by atoms with van der Waals surface area (Å²) in [7, 11) is 4.06. The Labute approximate surface area is 128 Å². The lowest BCUT2D eigenvalue weighted by Gasteiger charge is -2.19. The molecule has 106 valence electrons. The number of halogens is 1. The van der Waals surface area contributed by atoms with Crippen LogP contribution in [0, 0.1) is 0 Å². The van der Waals surface area contributed by atoms with Crippen LogP contribution < -0.4 is 16.2 Å². The second-order valence-corrected chi connectivity index (χ2v) is 5.80. The number of hydrogen-bond acceptors (Lipinski definition) is 4. The Morgan fingerprint density at radius 2 is 2.10 bits per heavy atom. The van der Waals surface area contributed by atoms with Crippen molar-refractivity contribution in [3.8, 4) is 0 Å². The van der Waals surface area contributed by atoms with E-state index in [1.165, 1.54) is 0 Å². The van der Waals surface area contributed by atoms with Crippen LogP contribution in [-0.2, 0) is 6.42 Å². The highest BCUT2D eigenvalue weighted by atomic mass is 79.9. The van der Waals surface area contributed by atoms with Crippen molar-refractivity contribution in [1.29, 1.82) is 0 Å². The van der Waals surface area contributed by atoms with Gasteiger partial charge in [0.25, 0.3) is 0 Å². The molecule has 0 amide bonds. The molecule has 3 N–H and O–H groups in total. The van der Waals surface area contributed by atoms with Gasteiger partial charge in [0.2, 0.25) is 0 Å². The van der Waals surface area contributed by atoms with Gasteiger partial charge >= 0.3 is 0 Å². The molecule has 0 spiro atoms. The van der Waals surface area contributed by atoms with Gasteiger partial charge in [-0.3, -0.25) is 16.3 Å². The molecule has 1 aromatic heterocycles. The quantitative estimate of drug-likeness (QED) is 0.652. The van der Waals surface area contributed by atoms with Gasteiger partial charge < -0.3 is 4.90 Å². The normalized spacial score (nSPS) is 12.2. The Morgan fingerprint density at radius 3 is 2.70 bits per heavy atom. The molecule has 0 fully saturated rings. The van der Waals surface area contributed by atoms with E-state index in [2.05, 4.69) is 49.4 Å². The highest BCUT2D eigenvalue weighted by molar-refractivity contribution is 9.10. The number of nitrogens with zero attached hydrogens (tertiary/aromatic N) is 2. The Balaban J connectivity index is 2.19. The number of aromatic nitrogens is 1. The maximum absolute atomic E-state index is 5.71. The molecule has 0 radical (unpaired) electrons. The van der Waals surface area contributed by atoms with Crippen molar-refractivity contribution in [3.05, 3.63) is 58.3 Å². The molecular formula is C15H19BrN4. The molecule has 2 rings (SSSR count). The monoisotopic (exact) mass is 334 g/mol. The third kappa shape index (κ3) is 3.79. The molecular weight excluding hydrogens is 316 g/mol. The predicted molar refractivity (Wildman–Crippen MR) is 86.5 cm³/mol. The van der Waals surface area contributed by atoms with Crippen LogP contribution in [0.25, 0.3) is 0 Å². The Hall–Kier alpha value is -1.43. The molecule has 4 nitrogen and oxygen atoms in total. The third-order valence-electron chi connectivity index (χ3n) is 3.19. The van der Waals surface area contributed by atoms with Gasteiger partial charge in [0.05, 0.1) is 6.04 Å². The maximum atomic E-state index is 5.71. The molecule has 0 aliphatic heterocycles. The minimum absolute atomic E-state index is 0.0450. The summed E-state index contributed by atoms with van der Waals surface area (Å²) in [6.07, 6.45) is 2.56. The number of nitrogens with two attached hydrogens (primary N) is 1. The second-order valence-electron chi connectivity index (χ2n) is 4.88. The maximum Gasteiger partial charge on any atom is 0.0516 e. The molecule has 5 heteroatoms. The van der Waals surface area contributed by atoms with Crippen LogP contribution in [-0.4, -0.2) is 19.1 Å². The van der Waals surface area contributed by atoms with Crippen molar-refractivity contribution >= 4 is 21.6 Å². The first-order valence-corrected chi connectivity index (χ1v) is 7.23. The third-order valence-corrected chi connectivity index (χ3v) is 3.66. The van der Waals surface area contributed by atoms with E-state index < -0.39 is 0 Å². The van der Waals surface area contributed by atoms with Crippen LogP contribution in [0.2, 0.25) is 0 Å². The van der Waals surface area contributed by atoms with E-state index in [1.807, 2.05) is 32.3 Å². The molecule has 0 bridgehead atoms. The summed E-state index contributed by atoms with van der Waals surface area (Å²) < 4.78 is 0.980. The minimum atomic E-state index is 0.0450. The van der Waals surface area contributed by atoms with Gasteiger partial charge in [0.1, 0.15) is 0 Å². The predicted octanol–water partition coefficient (Wildman–Crippen LogP) is 2.66. The lowest BCUT2D eigenvalue weighted by atomic mass is 10.0. The van der Waals surface area contributed by atoms with Gasteiger partial charge in [0.15, 0.2) is 0 Å². The largest absolute Gasteiger partial charge is 0.378 e. The first-order chi connectivity index (χ1) is 9.60. The zero-order valence-electron chi connectivity index (χ0n) is 11.7. The Morgan fingerprint density at radius 1 is 1.30 bits per heavy atom. The number of benzene rings is 1. The summed E-state index contributed by atoms with van der Waals surface area (Å²) in [6.45, 7) is 0. The number of pyridine rings is 1. The molecule has 1 atom stereocenters. The highest BCUT2D eigenvalue weighted by Gasteiger charge is 2.12. The molecule has 0 saturated heterocycles. The molecule has 2 aromatic rings. The van der Waals surface area contributed by atoms with Crippen molar-refractivity contribution < 1.29 is 0 Å².